The zero-order valence-corrected chi connectivity index (χ0v) is 19.0. The summed E-state index contributed by atoms with van der Waals surface area (Å²) in [6.45, 7) is 4.48. The maximum absolute atomic E-state index is 2.52. The van der Waals surface area contributed by atoms with Gasteiger partial charge in [0, 0.05) is 19.2 Å². The van der Waals surface area contributed by atoms with Crippen molar-refractivity contribution in [2.45, 2.75) is 58.8 Å². The van der Waals surface area contributed by atoms with Crippen molar-refractivity contribution in [1.29, 1.82) is 0 Å². The summed E-state index contributed by atoms with van der Waals surface area (Å²) in [5.41, 5.74) is 6.18. The molecule has 0 spiro atoms. The standard InChI is InChI=1S/C27H28S2/c1-16-10-22-12-20-5-3-4-18-6-7-19(18)8-9-21-13-23-11-17(2)29-27(23)15-25(21)24(20)14-26(22)28-16/h10-15,18-19H,3-9H2,1-2H3. The summed E-state index contributed by atoms with van der Waals surface area (Å²) in [6.07, 6.45) is 9.54. The maximum atomic E-state index is 2.52. The van der Waals surface area contributed by atoms with Gasteiger partial charge in [0.25, 0.3) is 0 Å². The van der Waals surface area contributed by atoms with Gasteiger partial charge in [-0.1, -0.05) is 0 Å². The fourth-order valence-corrected chi connectivity index (χ4v) is 7.63. The van der Waals surface area contributed by atoms with Gasteiger partial charge in [0.05, 0.1) is 0 Å². The van der Waals surface area contributed by atoms with Crippen molar-refractivity contribution in [2.75, 3.05) is 0 Å². The number of hydrogen-bond donors (Lipinski definition) is 0. The molecule has 2 aromatic heterocycles. The molecule has 2 atom stereocenters. The Hall–Kier alpha value is -1.64. The second-order valence-electron chi connectivity index (χ2n) is 9.34. The third-order valence-corrected chi connectivity index (χ3v) is 9.43. The molecule has 2 unspecified atom stereocenters. The third-order valence-electron chi connectivity index (χ3n) is 7.40. The summed E-state index contributed by atoms with van der Waals surface area (Å²) in [5, 5.41) is 2.89. The van der Waals surface area contributed by atoms with Gasteiger partial charge in [-0.25, -0.2) is 0 Å². The van der Waals surface area contributed by atoms with Crippen molar-refractivity contribution in [3.8, 4) is 11.1 Å². The van der Waals surface area contributed by atoms with E-state index in [1.165, 1.54) is 86.0 Å². The smallest absolute Gasteiger partial charge is 0.0351 e. The van der Waals surface area contributed by atoms with Crippen LogP contribution in [0.5, 0.6) is 0 Å². The predicted octanol–water partition coefficient (Wildman–Crippen LogP) is 8.69. The number of aryl methyl sites for hydroxylation is 4. The minimum Gasteiger partial charge on any atom is -0.141 e. The van der Waals surface area contributed by atoms with Crippen LogP contribution in [0.15, 0.2) is 36.4 Å². The SMILES string of the molecule is Cc1cc2cc3c(cc2s1)-c1cc2sc(C)cc2cc1CCC1CCC1CCC3. The van der Waals surface area contributed by atoms with Crippen LogP contribution in [0.2, 0.25) is 0 Å². The highest BCUT2D eigenvalue weighted by Crippen LogP contribution is 2.44. The zero-order chi connectivity index (χ0) is 19.5. The highest BCUT2D eigenvalue weighted by atomic mass is 32.1. The molecule has 0 N–H and O–H groups in total. The van der Waals surface area contributed by atoms with Crippen LogP contribution in [0.25, 0.3) is 31.3 Å². The molecule has 2 aliphatic rings. The molecule has 2 heterocycles. The molecule has 0 nitrogen and oxygen atoms in total. The van der Waals surface area contributed by atoms with E-state index in [0.29, 0.717) is 0 Å². The van der Waals surface area contributed by atoms with E-state index < -0.39 is 0 Å². The molecule has 2 heteroatoms. The third kappa shape index (κ3) is 3.16. The minimum absolute atomic E-state index is 0.968. The fraction of sp³-hybridized carbons (Fsp3) is 0.407. The Balaban J connectivity index is 1.58. The maximum Gasteiger partial charge on any atom is 0.0351 e. The molecule has 2 aromatic carbocycles. The van der Waals surface area contributed by atoms with E-state index in [-0.39, 0.29) is 0 Å². The van der Waals surface area contributed by atoms with E-state index in [4.69, 9.17) is 0 Å². The van der Waals surface area contributed by atoms with Gasteiger partial charge in [0.2, 0.25) is 0 Å². The summed E-state index contributed by atoms with van der Waals surface area (Å²) in [7, 11) is 0. The lowest BCUT2D eigenvalue weighted by atomic mass is 9.69. The highest BCUT2D eigenvalue weighted by Gasteiger charge is 2.30. The summed E-state index contributed by atoms with van der Waals surface area (Å²) in [5.74, 6) is 1.95. The van der Waals surface area contributed by atoms with E-state index in [0.717, 1.165) is 11.8 Å². The average molecular weight is 417 g/mol. The van der Waals surface area contributed by atoms with Gasteiger partial charge in [0.15, 0.2) is 0 Å². The first-order chi connectivity index (χ1) is 14.1. The number of fused-ring (bicyclic) bond motifs is 6. The van der Waals surface area contributed by atoms with Gasteiger partial charge in [0.1, 0.15) is 0 Å². The zero-order valence-electron chi connectivity index (χ0n) is 17.4. The first-order valence-electron chi connectivity index (χ1n) is 11.2. The fourth-order valence-electron chi connectivity index (χ4n) is 5.74. The Labute approximate surface area is 181 Å². The van der Waals surface area contributed by atoms with Crippen molar-refractivity contribution in [2.24, 2.45) is 11.8 Å². The van der Waals surface area contributed by atoms with Crippen LogP contribution in [0, 0.1) is 25.7 Å². The van der Waals surface area contributed by atoms with Crippen LogP contribution in [0.1, 0.15) is 53.0 Å². The van der Waals surface area contributed by atoms with Crippen LogP contribution < -0.4 is 0 Å². The summed E-state index contributed by atoms with van der Waals surface area (Å²) >= 11 is 3.89. The van der Waals surface area contributed by atoms with E-state index >= 15 is 0 Å². The van der Waals surface area contributed by atoms with Gasteiger partial charge in [-0.2, -0.15) is 0 Å². The topological polar surface area (TPSA) is 0 Å². The highest BCUT2D eigenvalue weighted by molar-refractivity contribution is 7.19. The van der Waals surface area contributed by atoms with Gasteiger partial charge >= 0.3 is 0 Å². The van der Waals surface area contributed by atoms with Crippen LogP contribution in [-0.4, -0.2) is 0 Å². The summed E-state index contributed by atoms with van der Waals surface area (Å²) in [6, 6.07) is 14.8. The molecule has 0 aliphatic heterocycles. The van der Waals surface area contributed by atoms with E-state index in [2.05, 4.69) is 50.2 Å². The largest absolute Gasteiger partial charge is 0.141 e. The van der Waals surface area contributed by atoms with Crippen molar-refractivity contribution in [1.82, 2.24) is 0 Å². The molecule has 0 radical (unpaired) electrons. The van der Waals surface area contributed by atoms with Crippen molar-refractivity contribution in [3.05, 3.63) is 57.3 Å². The molecule has 4 aromatic rings. The lowest BCUT2D eigenvalue weighted by molar-refractivity contribution is 0.151. The van der Waals surface area contributed by atoms with Gasteiger partial charge in [-0.3, -0.25) is 0 Å². The summed E-state index contributed by atoms with van der Waals surface area (Å²) in [4.78, 5) is 2.85. The van der Waals surface area contributed by atoms with Crippen LogP contribution in [-0.2, 0) is 12.8 Å². The monoisotopic (exact) mass is 416 g/mol. The van der Waals surface area contributed by atoms with E-state index in [1.807, 2.05) is 22.7 Å². The Morgan fingerprint density at radius 2 is 1.17 bits per heavy atom. The molecule has 29 heavy (non-hydrogen) atoms. The van der Waals surface area contributed by atoms with E-state index in [9.17, 15) is 0 Å². The molecule has 6 rings (SSSR count). The molecular weight excluding hydrogens is 388 g/mol. The number of thiophene rings is 2. The van der Waals surface area contributed by atoms with Gasteiger partial charge in [-0.15, -0.1) is 22.7 Å². The Morgan fingerprint density at radius 1 is 0.621 bits per heavy atom. The predicted molar refractivity (Wildman–Crippen MR) is 130 cm³/mol. The number of benzene rings is 2. The molecule has 1 saturated carbocycles. The van der Waals surface area contributed by atoms with Gasteiger partial charge < -0.3 is 0 Å². The molecule has 0 saturated heterocycles. The molecule has 0 bridgehead atoms. The van der Waals surface area contributed by atoms with Crippen LogP contribution in [0.3, 0.4) is 0 Å². The lowest BCUT2D eigenvalue weighted by Gasteiger charge is -2.37. The lowest BCUT2D eigenvalue weighted by Crippen LogP contribution is -2.26. The van der Waals surface area contributed by atoms with Gasteiger partial charge in [-0.05, 0) is 140 Å². The molecule has 2 aliphatic carbocycles. The molecular formula is C27H28S2. The Kier molecular flexibility index (Phi) is 4.36. The van der Waals surface area contributed by atoms with Crippen molar-refractivity contribution in [3.63, 3.8) is 0 Å². The Bertz CT molecular complexity index is 1220. The molecule has 1 fully saturated rings. The van der Waals surface area contributed by atoms with Crippen molar-refractivity contribution >= 4 is 42.8 Å². The second kappa shape index (κ2) is 6.96. The first kappa shape index (κ1) is 18.2. The van der Waals surface area contributed by atoms with Crippen LogP contribution >= 0.6 is 22.7 Å². The molecule has 148 valence electrons. The van der Waals surface area contributed by atoms with Crippen LogP contribution in [0.4, 0.5) is 0 Å². The first-order valence-corrected chi connectivity index (χ1v) is 12.8. The number of hydrogen-bond acceptors (Lipinski definition) is 2. The number of rotatable bonds is 0. The Morgan fingerprint density at radius 3 is 1.76 bits per heavy atom. The van der Waals surface area contributed by atoms with E-state index in [1.54, 1.807) is 11.1 Å². The average Bonchev–Trinajstić information content (AvgIpc) is 3.21. The normalized spacial score (nSPS) is 21.9. The van der Waals surface area contributed by atoms with Crippen molar-refractivity contribution < 1.29 is 0 Å². The molecule has 0 amide bonds. The quantitative estimate of drug-likeness (QED) is 0.269. The second-order valence-corrected chi connectivity index (χ2v) is 11.9. The summed E-state index contributed by atoms with van der Waals surface area (Å²) < 4.78 is 2.90. The minimum atomic E-state index is 0.968.